The highest BCUT2D eigenvalue weighted by Crippen LogP contribution is 2.16. The average Bonchev–Trinajstić information content (AvgIpc) is 2.46. The number of hydrogen-bond acceptors (Lipinski definition) is 1. The lowest BCUT2D eigenvalue weighted by Gasteiger charge is -2.19. The van der Waals surface area contributed by atoms with Gasteiger partial charge in [-0.25, -0.2) is 0 Å². The molecule has 1 aromatic carbocycles. The van der Waals surface area contributed by atoms with E-state index < -0.39 is 0 Å². The van der Waals surface area contributed by atoms with Crippen LogP contribution in [0.3, 0.4) is 0 Å². The first-order valence-electron chi connectivity index (χ1n) is 8.53. The molecule has 0 heterocycles. The van der Waals surface area contributed by atoms with Crippen molar-refractivity contribution in [2.45, 2.75) is 64.0 Å². The normalized spacial score (nSPS) is 18.3. The Morgan fingerprint density at radius 1 is 1.18 bits per heavy atom. The lowest BCUT2D eigenvalue weighted by molar-refractivity contribution is -0.680. The van der Waals surface area contributed by atoms with Crippen molar-refractivity contribution in [2.24, 2.45) is 0 Å². The van der Waals surface area contributed by atoms with E-state index in [4.69, 9.17) is 0 Å². The van der Waals surface area contributed by atoms with Gasteiger partial charge in [-0.3, -0.25) is 4.79 Å². The molecule has 0 aliphatic heterocycles. The van der Waals surface area contributed by atoms with Gasteiger partial charge in [-0.1, -0.05) is 47.3 Å². The molecule has 3 N–H and O–H groups in total. The molecule has 122 valence electrons. The van der Waals surface area contributed by atoms with Crippen molar-refractivity contribution in [3.05, 3.63) is 34.3 Å². The van der Waals surface area contributed by atoms with Crippen LogP contribution < -0.4 is 10.6 Å². The van der Waals surface area contributed by atoms with Crippen LogP contribution >= 0.6 is 15.9 Å². The maximum atomic E-state index is 12.1. The molecule has 0 unspecified atom stereocenters. The smallest absolute Gasteiger partial charge is 0.275 e. The molecular formula is C18H28BrN2O+. The van der Waals surface area contributed by atoms with E-state index in [1.165, 1.54) is 44.9 Å². The van der Waals surface area contributed by atoms with Crippen LogP contribution in [0.2, 0.25) is 0 Å². The number of benzene rings is 1. The molecule has 1 amide bonds. The first-order valence-corrected chi connectivity index (χ1v) is 9.32. The highest BCUT2D eigenvalue weighted by atomic mass is 79.9. The third-order valence-corrected chi connectivity index (χ3v) is 5.06. The zero-order valence-corrected chi connectivity index (χ0v) is 15.1. The van der Waals surface area contributed by atoms with Crippen LogP contribution in [-0.4, -0.2) is 18.5 Å². The van der Waals surface area contributed by atoms with Crippen LogP contribution in [0.1, 0.15) is 63.5 Å². The summed E-state index contributed by atoms with van der Waals surface area (Å²) in [6.07, 6.45) is 9.26. The molecule has 0 bridgehead atoms. The maximum Gasteiger partial charge on any atom is 0.275 e. The Labute approximate surface area is 142 Å². The Morgan fingerprint density at radius 2 is 1.77 bits per heavy atom. The van der Waals surface area contributed by atoms with Crippen LogP contribution in [0.25, 0.3) is 0 Å². The van der Waals surface area contributed by atoms with Crippen molar-refractivity contribution in [1.29, 1.82) is 0 Å². The standard InChI is InChI=1S/C18H27BrN2O/c1-14(15-9-11-16(19)12-10-15)21-18(22)13-20-17-7-5-3-2-4-6-8-17/h9-12,14,17,20H,2-8,13H2,1H3,(H,21,22)/p+1/t14-/m0/s1. The van der Waals surface area contributed by atoms with E-state index in [9.17, 15) is 4.79 Å². The van der Waals surface area contributed by atoms with Gasteiger partial charge < -0.3 is 10.6 Å². The van der Waals surface area contributed by atoms with Gasteiger partial charge in [-0.15, -0.1) is 0 Å². The summed E-state index contributed by atoms with van der Waals surface area (Å²) >= 11 is 3.43. The number of halogens is 1. The molecule has 1 saturated carbocycles. The summed E-state index contributed by atoms with van der Waals surface area (Å²) in [4.78, 5) is 12.1. The van der Waals surface area contributed by atoms with E-state index in [0.717, 1.165) is 10.0 Å². The molecule has 2 rings (SSSR count). The summed E-state index contributed by atoms with van der Waals surface area (Å²) in [6, 6.07) is 8.82. The molecule has 22 heavy (non-hydrogen) atoms. The first kappa shape index (κ1) is 17.5. The highest BCUT2D eigenvalue weighted by Gasteiger charge is 2.17. The van der Waals surface area contributed by atoms with Gasteiger partial charge in [-0.05, 0) is 50.3 Å². The lowest BCUT2D eigenvalue weighted by Crippen LogP contribution is -2.92. The Balaban J connectivity index is 1.73. The van der Waals surface area contributed by atoms with Gasteiger partial charge in [0.15, 0.2) is 6.54 Å². The van der Waals surface area contributed by atoms with Crippen molar-refractivity contribution in [3.8, 4) is 0 Å². The molecule has 1 aromatic rings. The lowest BCUT2D eigenvalue weighted by atomic mass is 9.97. The quantitative estimate of drug-likeness (QED) is 0.823. The highest BCUT2D eigenvalue weighted by molar-refractivity contribution is 9.10. The van der Waals surface area contributed by atoms with E-state index in [0.29, 0.717) is 12.6 Å². The first-order chi connectivity index (χ1) is 10.6. The Kier molecular flexibility index (Phi) is 7.40. The minimum Gasteiger partial charge on any atom is -0.345 e. The number of nitrogens with one attached hydrogen (secondary N) is 1. The summed E-state index contributed by atoms with van der Waals surface area (Å²) in [7, 11) is 0. The number of nitrogens with two attached hydrogens (primary N) is 1. The van der Waals surface area contributed by atoms with Crippen LogP contribution in [0.5, 0.6) is 0 Å². The summed E-state index contributed by atoms with van der Waals surface area (Å²) in [5.74, 6) is 0.137. The van der Waals surface area contributed by atoms with Gasteiger partial charge in [-0.2, -0.15) is 0 Å². The largest absolute Gasteiger partial charge is 0.345 e. The molecule has 0 aromatic heterocycles. The minimum absolute atomic E-state index is 0.0614. The fraction of sp³-hybridized carbons (Fsp3) is 0.611. The van der Waals surface area contributed by atoms with Crippen molar-refractivity contribution in [2.75, 3.05) is 6.54 Å². The topological polar surface area (TPSA) is 45.7 Å². The van der Waals surface area contributed by atoms with E-state index in [1.807, 2.05) is 31.2 Å². The number of carbonyl (C=O) groups excluding carboxylic acids is 1. The molecule has 0 saturated heterocycles. The Bertz CT molecular complexity index is 453. The van der Waals surface area contributed by atoms with Gasteiger partial charge in [0, 0.05) is 4.47 Å². The fourth-order valence-corrected chi connectivity index (χ4v) is 3.40. The van der Waals surface area contributed by atoms with Crippen molar-refractivity contribution in [1.82, 2.24) is 5.32 Å². The second-order valence-electron chi connectivity index (χ2n) is 6.39. The third kappa shape index (κ3) is 6.09. The van der Waals surface area contributed by atoms with Crippen molar-refractivity contribution < 1.29 is 10.1 Å². The van der Waals surface area contributed by atoms with E-state index in [1.54, 1.807) is 0 Å². The van der Waals surface area contributed by atoms with Crippen LogP contribution in [0.15, 0.2) is 28.7 Å². The van der Waals surface area contributed by atoms with Crippen molar-refractivity contribution >= 4 is 21.8 Å². The molecule has 0 spiro atoms. The van der Waals surface area contributed by atoms with Gasteiger partial charge >= 0.3 is 0 Å². The number of quaternary nitrogens is 1. The fourth-order valence-electron chi connectivity index (χ4n) is 3.13. The predicted octanol–water partition coefficient (Wildman–Crippen LogP) is 3.30. The van der Waals surface area contributed by atoms with E-state index >= 15 is 0 Å². The molecule has 1 atom stereocenters. The minimum atomic E-state index is 0.0614. The predicted molar refractivity (Wildman–Crippen MR) is 93.6 cm³/mol. The second kappa shape index (κ2) is 9.31. The number of amides is 1. The van der Waals surface area contributed by atoms with Crippen molar-refractivity contribution in [3.63, 3.8) is 0 Å². The van der Waals surface area contributed by atoms with Crippen LogP contribution in [0, 0.1) is 0 Å². The molecule has 0 radical (unpaired) electrons. The van der Waals surface area contributed by atoms with Crippen LogP contribution in [0.4, 0.5) is 0 Å². The zero-order valence-electron chi connectivity index (χ0n) is 13.5. The average molecular weight is 368 g/mol. The maximum absolute atomic E-state index is 12.1. The third-order valence-electron chi connectivity index (χ3n) is 4.53. The molecule has 1 fully saturated rings. The van der Waals surface area contributed by atoms with E-state index in [2.05, 4.69) is 26.6 Å². The molecular weight excluding hydrogens is 340 g/mol. The van der Waals surface area contributed by atoms with Gasteiger partial charge in [0.1, 0.15) is 0 Å². The summed E-state index contributed by atoms with van der Waals surface area (Å²) in [6.45, 7) is 2.59. The summed E-state index contributed by atoms with van der Waals surface area (Å²) in [5, 5.41) is 5.34. The molecule has 4 heteroatoms. The van der Waals surface area contributed by atoms with Gasteiger partial charge in [0.05, 0.1) is 12.1 Å². The van der Waals surface area contributed by atoms with Crippen LogP contribution in [-0.2, 0) is 4.79 Å². The summed E-state index contributed by atoms with van der Waals surface area (Å²) in [5.41, 5.74) is 1.14. The Hall–Kier alpha value is -0.870. The SMILES string of the molecule is C[C@H](NC(=O)C[NH2+]C1CCCCCCC1)c1ccc(Br)cc1. The van der Waals surface area contributed by atoms with Gasteiger partial charge in [0.2, 0.25) is 0 Å². The Morgan fingerprint density at radius 3 is 2.41 bits per heavy atom. The zero-order chi connectivity index (χ0) is 15.8. The summed E-state index contributed by atoms with van der Waals surface area (Å²) < 4.78 is 1.06. The van der Waals surface area contributed by atoms with E-state index in [-0.39, 0.29) is 11.9 Å². The molecule has 1 aliphatic rings. The van der Waals surface area contributed by atoms with Gasteiger partial charge in [0.25, 0.3) is 5.91 Å². The second-order valence-corrected chi connectivity index (χ2v) is 7.30. The number of hydrogen-bond donors (Lipinski definition) is 2. The molecule has 1 aliphatic carbocycles. The number of rotatable bonds is 5. The monoisotopic (exact) mass is 367 g/mol. The number of carbonyl (C=O) groups is 1. The molecule has 3 nitrogen and oxygen atoms in total.